The van der Waals surface area contributed by atoms with E-state index in [1.54, 1.807) is 6.92 Å². The van der Waals surface area contributed by atoms with Crippen LogP contribution < -0.4 is 0 Å². The Morgan fingerprint density at radius 1 is 0.808 bits per heavy atom. The molecule has 52 heavy (non-hydrogen) atoms. The van der Waals surface area contributed by atoms with Gasteiger partial charge in [-0.05, 0) is 79.3 Å². The van der Waals surface area contributed by atoms with Crippen molar-refractivity contribution >= 4 is 42.1 Å². The molecule has 10 nitrogen and oxygen atoms in total. The van der Waals surface area contributed by atoms with Crippen molar-refractivity contribution in [1.29, 1.82) is 0 Å². The van der Waals surface area contributed by atoms with Crippen molar-refractivity contribution in [3.05, 3.63) is 48.6 Å². The second-order valence-electron chi connectivity index (χ2n) is 14.3. The molecule has 0 aliphatic heterocycles. The highest BCUT2D eigenvalue weighted by Gasteiger charge is 2.27. The molecule has 0 radical (unpaired) electrons. The molecule has 0 spiro atoms. The van der Waals surface area contributed by atoms with Crippen molar-refractivity contribution in [2.45, 2.75) is 116 Å². The van der Waals surface area contributed by atoms with E-state index < -0.39 is 12.1 Å². The lowest BCUT2D eigenvalue weighted by Crippen LogP contribution is -2.31. The number of benzene rings is 2. The van der Waals surface area contributed by atoms with Crippen molar-refractivity contribution < 1.29 is 50.8 Å². The van der Waals surface area contributed by atoms with Crippen LogP contribution >= 0.6 is 36.2 Å². The van der Waals surface area contributed by atoms with E-state index in [0.29, 0.717) is 46.2 Å². The Balaban J connectivity index is -0.000000609. The Labute approximate surface area is 326 Å². The van der Waals surface area contributed by atoms with E-state index in [2.05, 4.69) is 46.9 Å². The van der Waals surface area contributed by atoms with Gasteiger partial charge >= 0.3 is 5.97 Å². The summed E-state index contributed by atoms with van der Waals surface area (Å²) < 4.78 is 0. The lowest BCUT2D eigenvalue weighted by molar-refractivity contribution is -0.136. The summed E-state index contributed by atoms with van der Waals surface area (Å²) in [4.78, 5) is 11.3. The van der Waals surface area contributed by atoms with E-state index in [1.807, 2.05) is 41.5 Å². The molecular formula is C39H68O10S3. The first kappa shape index (κ1) is 54.1. The zero-order valence-corrected chi connectivity index (χ0v) is 35.5. The molecule has 9 N–H and O–H groups in total. The van der Waals surface area contributed by atoms with Crippen LogP contribution in [0.2, 0.25) is 0 Å². The standard InChI is InChI=1S/C12H16O3S.C9H10O4S.C8H18O.C6H14OS.C4H10O/c1-8(2)10(14)5-6-16-12-7-9(13)3-4-11(12)15;10-6-1-2-7(11)8(5-6)14-4-3-9(12)13;1-6(2)8(4,5)7(3)9;1-5(8)6(2,3)4-7;1-4(2)3-5/h3-4,7,10,13-15H,1,5-6H2,2H3;1-2,5,10-11H,3-4H2,(H,12,13);6-7,9H,1-5H3;5,7-8H,4H2,1-3H3;4-5H,3H2,1-2H3. The van der Waals surface area contributed by atoms with Gasteiger partial charge in [-0.2, -0.15) is 12.6 Å². The van der Waals surface area contributed by atoms with Crippen LogP contribution in [0.3, 0.4) is 0 Å². The van der Waals surface area contributed by atoms with E-state index in [1.165, 1.54) is 59.9 Å². The maximum atomic E-state index is 10.2. The van der Waals surface area contributed by atoms with Crippen LogP contribution in [0, 0.1) is 22.7 Å². The highest BCUT2D eigenvalue weighted by atomic mass is 32.2. The van der Waals surface area contributed by atoms with Gasteiger partial charge in [-0.25, -0.2) is 0 Å². The minimum absolute atomic E-state index is 0.0275. The lowest BCUT2D eigenvalue weighted by atomic mass is 9.77. The number of carbonyl (C=O) groups is 1. The SMILES string of the molecule is C=C(C)C(O)CCSc1cc(O)ccc1O.CC(C)C(C)(C)C(C)O.CC(C)CO.CC(S)C(C)(C)CO.O=C(O)CCSc1cc(O)ccc1O. The number of rotatable bonds is 14. The summed E-state index contributed by atoms with van der Waals surface area (Å²) in [7, 11) is 0. The average molecular weight is 793 g/mol. The van der Waals surface area contributed by atoms with Gasteiger partial charge < -0.3 is 46.0 Å². The van der Waals surface area contributed by atoms with E-state index in [0.717, 1.165) is 5.57 Å². The van der Waals surface area contributed by atoms with Crippen LogP contribution in [0.15, 0.2) is 58.3 Å². The Morgan fingerprint density at radius 3 is 1.46 bits per heavy atom. The molecule has 0 aliphatic rings. The second kappa shape index (κ2) is 28.2. The second-order valence-corrected chi connectivity index (χ2v) is 17.4. The number of thioether (sulfide) groups is 2. The number of hydrogen-bond donors (Lipinski definition) is 10. The molecule has 0 aliphatic carbocycles. The zero-order valence-electron chi connectivity index (χ0n) is 33.0. The maximum Gasteiger partial charge on any atom is 0.304 e. The summed E-state index contributed by atoms with van der Waals surface area (Å²) in [5.74, 6) is 1.51. The molecule has 0 fully saturated rings. The Bertz CT molecular complexity index is 1250. The topological polar surface area (TPSA) is 199 Å². The van der Waals surface area contributed by atoms with Gasteiger partial charge in [-0.1, -0.05) is 74.5 Å². The number of aliphatic hydroxyl groups excluding tert-OH is 4. The van der Waals surface area contributed by atoms with Gasteiger partial charge in [0.15, 0.2) is 0 Å². The molecule has 0 heterocycles. The molecule has 3 unspecified atom stereocenters. The number of aromatic hydroxyl groups is 4. The first-order valence-electron chi connectivity index (χ1n) is 17.2. The fraction of sp³-hybridized carbons (Fsp3) is 0.615. The monoisotopic (exact) mass is 792 g/mol. The molecule has 0 bridgehead atoms. The van der Waals surface area contributed by atoms with E-state index in [4.69, 9.17) is 20.4 Å². The van der Waals surface area contributed by atoms with Gasteiger partial charge in [0.25, 0.3) is 0 Å². The van der Waals surface area contributed by atoms with Crippen molar-refractivity contribution in [3.8, 4) is 23.0 Å². The van der Waals surface area contributed by atoms with Gasteiger partial charge in [0.1, 0.15) is 23.0 Å². The Hall–Kier alpha value is -2.26. The van der Waals surface area contributed by atoms with Gasteiger partial charge in [-0.15, -0.1) is 23.5 Å². The van der Waals surface area contributed by atoms with Gasteiger partial charge in [0, 0.05) is 30.0 Å². The average Bonchev–Trinajstić information content (AvgIpc) is 3.05. The third-order valence-electron chi connectivity index (χ3n) is 8.15. The smallest absolute Gasteiger partial charge is 0.304 e. The molecule has 3 atom stereocenters. The molecule has 13 heteroatoms. The van der Waals surface area contributed by atoms with Gasteiger partial charge in [-0.3, -0.25) is 4.79 Å². The Kier molecular flexibility index (Phi) is 29.4. The summed E-state index contributed by atoms with van der Waals surface area (Å²) in [6.45, 7) is 26.1. The summed E-state index contributed by atoms with van der Waals surface area (Å²) in [6, 6.07) is 8.54. The Morgan fingerprint density at radius 2 is 1.21 bits per heavy atom. The molecule has 0 aromatic heterocycles. The number of carboxylic acid groups (broad SMARTS) is 1. The molecule has 302 valence electrons. The van der Waals surface area contributed by atoms with Crippen LogP contribution in [0.25, 0.3) is 0 Å². The minimum Gasteiger partial charge on any atom is -0.508 e. The first-order valence-corrected chi connectivity index (χ1v) is 19.7. The third kappa shape index (κ3) is 26.5. The number of aliphatic hydroxyl groups is 4. The van der Waals surface area contributed by atoms with Crippen LogP contribution in [0.4, 0.5) is 0 Å². The largest absolute Gasteiger partial charge is 0.508 e. The number of thiol groups is 1. The maximum absolute atomic E-state index is 10.2. The number of phenolic OH excluding ortho intramolecular Hbond substituents is 4. The summed E-state index contributed by atoms with van der Waals surface area (Å²) in [5, 5.41) is 81.4. The van der Waals surface area contributed by atoms with Crippen molar-refractivity contribution in [3.63, 3.8) is 0 Å². The molecule has 0 saturated carbocycles. The molecule has 0 saturated heterocycles. The number of phenols is 4. The molecular weight excluding hydrogens is 725 g/mol. The van der Waals surface area contributed by atoms with E-state index in [9.17, 15) is 30.3 Å². The van der Waals surface area contributed by atoms with Crippen LogP contribution in [-0.2, 0) is 4.79 Å². The molecule has 2 aromatic carbocycles. The fourth-order valence-corrected chi connectivity index (χ4v) is 4.61. The fourth-order valence-electron chi connectivity index (χ4n) is 2.63. The normalized spacial score (nSPS) is 12.7. The van der Waals surface area contributed by atoms with Crippen LogP contribution in [-0.4, -0.2) is 94.1 Å². The summed E-state index contributed by atoms with van der Waals surface area (Å²) >= 11 is 6.79. The van der Waals surface area contributed by atoms with E-state index in [-0.39, 0.29) is 58.2 Å². The predicted molar refractivity (Wildman–Crippen MR) is 220 cm³/mol. The highest BCUT2D eigenvalue weighted by Crippen LogP contribution is 2.33. The quantitative estimate of drug-likeness (QED) is 0.0382. The van der Waals surface area contributed by atoms with Gasteiger partial charge in [0.05, 0.1) is 28.4 Å². The van der Waals surface area contributed by atoms with E-state index >= 15 is 0 Å². The van der Waals surface area contributed by atoms with Crippen molar-refractivity contribution in [2.24, 2.45) is 22.7 Å². The lowest BCUT2D eigenvalue weighted by Gasteiger charge is -2.32. The van der Waals surface area contributed by atoms with Crippen molar-refractivity contribution in [2.75, 3.05) is 24.7 Å². The third-order valence-corrected chi connectivity index (χ3v) is 11.0. The van der Waals surface area contributed by atoms with Crippen molar-refractivity contribution in [1.82, 2.24) is 0 Å². The van der Waals surface area contributed by atoms with Crippen LogP contribution in [0.5, 0.6) is 23.0 Å². The number of aliphatic carboxylic acids is 1. The zero-order chi connectivity index (χ0) is 41.4. The minimum atomic E-state index is -0.878. The number of carboxylic acids is 1. The molecule has 2 aromatic rings. The molecule has 2 rings (SSSR count). The summed E-state index contributed by atoms with van der Waals surface area (Å²) in [6.07, 6.45) is -0.112. The number of hydrogen-bond acceptors (Lipinski definition) is 12. The first-order chi connectivity index (χ1) is 23.8. The predicted octanol–water partition coefficient (Wildman–Crippen LogP) is 8.19. The summed E-state index contributed by atoms with van der Waals surface area (Å²) in [5.41, 5.74) is 0.754. The highest BCUT2D eigenvalue weighted by molar-refractivity contribution is 7.99. The van der Waals surface area contributed by atoms with Gasteiger partial charge in [0.2, 0.25) is 0 Å². The molecule has 0 amide bonds. The van der Waals surface area contributed by atoms with Crippen LogP contribution in [0.1, 0.15) is 89.0 Å².